The van der Waals surface area contributed by atoms with Crippen LogP contribution in [0.5, 0.6) is 0 Å². The van der Waals surface area contributed by atoms with Crippen molar-refractivity contribution in [2.24, 2.45) is 5.92 Å². The van der Waals surface area contributed by atoms with Gasteiger partial charge in [0, 0.05) is 12.5 Å². The summed E-state index contributed by atoms with van der Waals surface area (Å²) in [6.45, 7) is 7.77. The van der Waals surface area contributed by atoms with E-state index in [2.05, 4.69) is 64.4 Å². The Bertz CT molecular complexity index is 778. The van der Waals surface area contributed by atoms with Crippen LogP contribution >= 0.6 is 12.4 Å². The summed E-state index contributed by atoms with van der Waals surface area (Å²) >= 11 is 0. The molecule has 2 aromatic rings. The fourth-order valence-corrected chi connectivity index (χ4v) is 6.13. The lowest BCUT2D eigenvalue weighted by molar-refractivity contribution is 0.141. The molecule has 0 radical (unpaired) electrons. The Morgan fingerprint density at radius 3 is 2.17 bits per heavy atom. The number of nitrogens with zero attached hydrogens (tertiary/aromatic N) is 2. The van der Waals surface area contributed by atoms with Crippen molar-refractivity contribution in [1.29, 1.82) is 0 Å². The molecule has 3 aliphatic rings. The number of fused-ring (bicyclic) bond motifs is 3. The Morgan fingerprint density at radius 2 is 1.40 bits per heavy atom. The monoisotopic (exact) mass is 428 g/mol. The highest BCUT2D eigenvalue weighted by molar-refractivity contribution is 5.85. The lowest BCUT2D eigenvalue weighted by Gasteiger charge is -2.38. The minimum atomic E-state index is 0. The Balaban J connectivity index is 0.00000128. The number of benzene rings is 2. The van der Waals surface area contributed by atoms with Crippen LogP contribution in [0.2, 0.25) is 0 Å². The molecule has 0 spiro atoms. The van der Waals surface area contributed by atoms with Crippen LogP contribution in [0.1, 0.15) is 60.6 Å². The number of rotatable bonds is 5. The second kappa shape index (κ2) is 10.8. The lowest BCUT2D eigenvalue weighted by atomic mass is 9.79. The number of likely N-dealkylation sites (tertiary alicyclic amines) is 2. The van der Waals surface area contributed by atoms with E-state index in [0.29, 0.717) is 5.92 Å². The summed E-state index contributed by atoms with van der Waals surface area (Å²) in [4.78, 5) is 5.46. The normalized spacial score (nSPS) is 26.2. The van der Waals surface area contributed by atoms with Crippen molar-refractivity contribution in [3.8, 4) is 0 Å². The molecule has 2 aromatic carbocycles. The summed E-state index contributed by atoms with van der Waals surface area (Å²) in [6.07, 6.45) is 6.91. The van der Waals surface area contributed by atoms with Crippen LogP contribution < -0.4 is 0 Å². The van der Waals surface area contributed by atoms with E-state index in [-0.39, 0.29) is 17.9 Å². The van der Waals surface area contributed by atoms with Crippen LogP contribution in [0, 0.1) is 5.92 Å². The van der Waals surface area contributed by atoms with Gasteiger partial charge in [0.15, 0.2) is 0 Å². The molecule has 2 N–H and O–H groups in total. The Morgan fingerprint density at radius 1 is 0.733 bits per heavy atom. The Kier molecular flexibility index (Phi) is 8.35. The fourth-order valence-electron chi connectivity index (χ4n) is 6.13. The molecule has 2 heterocycles. The van der Waals surface area contributed by atoms with E-state index >= 15 is 0 Å². The standard InChI is InChI=1S/C26H34N2.ClH.H2O/c1-3-10-21(11-4-1)26-24-13-6-5-12-22(24)23-14-19-28(20-25(23)26)18-9-17-27-15-7-2-8-16-27;;/h1,3-6,10-13,23,25-26H,2,7-9,14-20H2;1H;1H2/t23-,25-,26-;;/m0../s1. The van der Waals surface area contributed by atoms with Crippen LogP contribution in [0.25, 0.3) is 0 Å². The number of hydrogen-bond donors (Lipinski definition) is 0. The smallest absolute Gasteiger partial charge is 0.0138 e. The largest absolute Gasteiger partial charge is 0.412 e. The highest BCUT2D eigenvalue weighted by Gasteiger charge is 2.43. The summed E-state index contributed by atoms with van der Waals surface area (Å²) in [5, 5.41) is 0. The zero-order chi connectivity index (χ0) is 18.8. The number of piperidine rings is 2. The first-order chi connectivity index (χ1) is 13.9. The number of hydrogen-bond acceptors (Lipinski definition) is 2. The second-order valence-electron chi connectivity index (χ2n) is 9.13. The van der Waals surface area contributed by atoms with E-state index in [1.165, 1.54) is 76.9 Å². The molecule has 2 fully saturated rings. The minimum Gasteiger partial charge on any atom is -0.412 e. The summed E-state index contributed by atoms with van der Waals surface area (Å²) in [6, 6.07) is 20.5. The van der Waals surface area contributed by atoms with Crippen molar-refractivity contribution in [3.63, 3.8) is 0 Å². The van der Waals surface area contributed by atoms with Crippen molar-refractivity contribution in [1.82, 2.24) is 9.80 Å². The van der Waals surface area contributed by atoms with Crippen LogP contribution in [0.15, 0.2) is 54.6 Å². The molecule has 1 aliphatic carbocycles. The first-order valence-electron chi connectivity index (χ1n) is 11.5. The lowest BCUT2D eigenvalue weighted by Crippen LogP contribution is -2.41. The molecular formula is C26H37ClN2O. The first-order valence-corrected chi connectivity index (χ1v) is 11.5. The molecule has 5 rings (SSSR count). The molecule has 0 bridgehead atoms. The van der Waals surface area contributed by atoms with Gasteiger partial charge in [0.25, 0.3) is 0 Å². The zero-order valence-electron chi connectivity index (χ0n) is 18.0. The first kappa shape index (κ1) is 23.3. The second-order valence-corrected chi connectivity index (χ2v) is 9.13. The van der Waals surface area contributed by atoms with Gasteiger partial charge in [0.05, 0.1) is 0 Å². The molecule has 4 heteroatoms. The van der Waals surface area contributed by atoms with Gasteiger partial charge in [0.1, 0.15) is 0 Å². The molecular weight excluding hydrogens is 392 g/mol. The van der Waals surface area contributed by atoms with Gasteiger partial charge in [-0.15, -0.1) is 12.4 Å². The van der Waals surface area contributed by atoms with Gasteiger partial charge in [0.2, 0.25) is 0 Å². The van der Waals surface area contributed by atoms with E-state index < -0.39 is 0 Å². The van der Waals surface area contributed by atoms with Gasteiger partial charge in [-0.05, 0) is 86.9 Å². The molecule has 3 atom stereocenters. The molecule has 3 nitrogen and oxygen atoms in total. The van der Waals surface area contributed by atoms with Gasteiger partial charge in [-0.1, -0.05) is 61.0 Å². The maximum Gasteiger partial charge on any atom is 0.0138 e. The summed E-state index contributed by atoms with van der Waals surface area (Å²) in [7, 11) is 0. The van der Waals surface area contributed by atoms with Gasteiger partial charge >= 0.3 is 0 Å². The van der Waals surface area contributed by atoms with Crippen molar-refractivity contribution >= 4 is 12.4 Å². The van der Waals surface area contributed by atoms with E-state index in [0.717, 1.165) is 11.8 Å². The summed E-state index contributed by atoms with van der Waals surface area (Å²) < 4.78 is 0. The average molecular weight is 429 g/mol. The molecule has 0 aromatic heterocycles. The van der Waals surface area contributed by atoms with Crippen LogP contribution in [-0.4, -0.2) is 54.5 Å². The molecule has 164 valence electrons. The zero-order valence-corrected chi connectivity index (χ0v) is 18.8. The summed E-state index contributed by atoms with van der Waals surface area (Å²) in [5.74, 6) is 2.07. The van der Waals surface area contributed by atoms with Gasteiger partial charge in [-0.3, -0.25) is 0 Å². The van der Waals surface area contributed by atoms with E-state index in [4.69, 9.17) is 0 Å². The van der Waals surface area contributed by atoms with Crippen LogP contribution in [0.4, 0.5) is 0 Å². The highest BCUT2D eigenvalue weighted by atomic mass is 35.5. The topological polar surface area (TPSA) is 38.0 Å². The van der Waals surface area contributed by atoms with E-state index in [1.807, 2.05) is 0 Å². The molecule has 0 saturated carbocycles. The average Bonchev–Trinajstić information content (AvgIpc) is 3.09. The third-order valence-corrected chi connectivity index (χ3v) is 7.46. The highest BCUT2D eigenvalue weighted by Crippen LogP contribution is 2.52. The predicted molar refractivity (Wildman–Crippen MR) is 128 cm³/mol. The van der Waals surface area contributed by atoms with E-state index in [1.54, 1.807) is 11.1 Å². The van der Waals surface area contributed by atoms with Gasteiger partial charge < -0.3 is 15.3 Å². The minimum absolute atomic E-state index is 0. The quantitative estimate of drug-likeness (QED) is 0.691. The molecule has 2 aliphatic heterocycles. The number of halogens is 1. The Labute approximate surface area is 188 Å². The van der Waals surface area contributed by atoms with Crippen LogP contribution in [0.3, 0.4) is 0 Å². The van der Waals surface area contributed by atoms with E-state index in [9.17, 15) is 0 Å². The van der Waals surface area contributed by atoms with Crippen molar-refractivity contribution in [2.45, 2.75) is 43.9 Å². The van der Waals surface area contributed by atoms with Crippen molar-refractivity contribution < 1.29 is 5.48 Å². The van der Waals surface area contributed by atoms with Gasteiger partial charge in [-0.25, -0.2) is 0 Å². The molecule has 2 saturated heterocycles. The molecule has 30 heavy (non-hydrogen) atoms. The maximum absolute atomic E-state index is 2.77. The Hall–Kier alpha value is -1.39. The maximum atomic E-state index is 2.77. The van der Waals surface area contributed by atoms with Crippen molar-refractivity contribution in [3.05, 3.63) is 71.3 Å². The predicted octanol–water partition coefficient (Wildman–Crippen LogP) is 4.71. The summed E-state index contributed by atoms with van der Waals surface area (Å²) in [5.41, 5.74) is 4.74. The third kappa shape index (κ3) is 4.75. The molecule has 0 amide bonds. The van der Waals surface area contributed by atoms with Crippen LogP contribution in [-0.2, 0) is 0 Å². The van der Waals surface area contributed by atoms with Gasteiger partial charge in [-0.2, -0.15) is 0 Å². The fraction of sp³-hybridized carbons (Fsp3) is 0.538. The van der Waals surface area contributed by atoms with Crippen molar-refractivity contribution in [2.75, 3.05) is 39.3 Å². The molecule has 0 unspecified atom stereocenters. The SMILES string of the molecule is Cl.O.c1ccc([C@H]2c3ccccc3[C@@H]3CCN(CCCN4CCCCC4)C[C@H]23)cc1. The third-order valence-electron chi connectivity index (χ3n) is 7.46.